The van der Waals surface area contributed by atoms with E-state index in [-0.39, 0.29) is 17.9 Å². The van der Waals surface area contributed by atoms with Gasteiger partial charge in [0.15, 0.2) is 17.2 Å². The van der Waals surface area contributed by atoms with Crippen molar-refractivity contribution in [2.75, 3.05) is 6.79 Å². The zero-order valence-corrected chi connectivity index (χ0v) is 14.9. The van der Waals surface area contributed by atoms with Gasteiger partial charge in [-0.05, 0) is 46.9 Å². The van der Waals surface area contributed by atoms with Gasteiger partial charge >= 0.3 is 5.97 Å². The highest BCUT2D eigenvalue weighted by Gasteiger charge is 2.25. The maximum absolute atomic E-state index is 12.2. The number of hydrogen-bond acceptors (Lipinski definition) is 5. The van der Waals surface area contributed by atoms with Crippen LogP contribution in [0.25, 0.3) is 6.08 Å². The van der Waals surface area contributed by atoms with E-state index in [4.69, 9.17) is 14.2 Å². The third-order valence-corrected chi connectivity index (χ3v) is 4.32. The van der Waals surface area contributed by atoms with Gasteiger partial charge in [-0.25, -0.2) is 9.79 Å². The summed E-state index contributed by atoms with van der Waals surface area (Å²) in [5.41, 5.74) is 3.12. The summed E-state index contributed by atoms with van der Waals surface area (Å²) in [6.45, 7) is 6.67. The first-order valence-corrected chi connectivity index (χ1v) is 8.43. The first kappa shape index (κ1) is 16.4. The summed E-state index contributed by atoms with van der Waals surface area (Å²) in [7, 11) is 0. The van der Waals surface area contributed by atoms with Gasteiger partial charge in [-0.1, -0.05) is 39.0 Å². The van der Waals surface area contributed by atoms with Crippen molar-refractivity contribution in [1.82, 2.24) is 0 Å². The summed E-state index contributed by atoms with van der Waals surface area (Å²) in [5, 5.41) is 0. The lowest BCUT2D eigenvalue weighted by atomic mass is 9.87. The summed E-state index contributed by atoms with van der Waals surface area (Å²) < 4.78 is 16.0. The monoisotopic (exact) mass is 349 g/mol. The van der Waals surface area contributed by atoms with Gasteiger partial charge in [0.1, 0.15) is 0 Å². The maximum Gasteiger partial charge on any atom is 0.363 e. The number of cyclic esters (lactones) is 1. The molecule has 2 aromatic rings. The van der Waals surface area contributed by atoms with E-state index in [0.29, 0.717) is 17.4 Å². The number of carbonyl (C=O) groups is 1. The molecule has 2 aliphatic heterocycles. The second-order valence-corrected chi connectivity index (χ2v) is 7.28. The third-order valence-electron chi connectivity index (χ3n) is 4.32. The molecule has 5 nitrogen and oxygen atoms in total. The molecule has 0 saturated carbocycles. The van der Waals surface area contributed by atoms with Gasteiger partial charge in [-0.15, -0.1) is 0 Å². The van der Waals surface area contributed by atoms with Gasteiger partial charge in [0.25, 0.3) is 0 Å². The molecule has 0 atom stereocenters. The Morgan fingerprint density at radius 2 is 1.73 bits per heavy atom. The zero-order chi connectivity index (χ0) is 18.3. The number of esters is 1. The van der Waals surface area contributed by atoms with Crippen molar-refractivity contribution < 1.29 is 19.0 Å². The van der Waals surface area contributed by atoms with Gasteiger partial charge in [0.05, 0.1) is 0 Å². The van der Waals surface area contributed by atoms with Crippen LogP contribution in [-0.4, -0.2) is 18.7 Å². The third kappa shape index (κ3) is 3.08. The Hall–Kier alpha value is -3.08. The minimum atomic E-state index is -0.461. The Labute approximate surface area is 151 Å². The summed E-state index contributed by atoms with van der Waals surface area (Å²) in [4.78, 5) is 16.5. The molecular formula is C21H19NO4. The van der Waals surface area contributed by atoms with E-state index >= 15 is 0 Å². The number of hydrogen-bond donors (Lipinski definition) is 0. The summed E-state index contributed by atoms with van der Waals surface area (Å²) >= 11 is 0. The van der Waals surface area contributed by atoms with Crippen LogP contribution in [-0.2, 0) is 14.9 Å². The van der Waals surface area contributed by atoms with Crippen LogP contribution in [0.4, 0.5) is 0 Å². The molecule has 0 N–H and O–H groups in total. The average molecular weight is 349 g/mol. The number of rotatable bonds is 2. The molecule has 2 aliphatic rings. The largest absolute Gasteiger partial charge is 0.454 e. The van der Waals surface area contributed by atoms with Gasteiger partial charge in [0, 0.05) is 5.56 Å². The van der Waals surface area contributed by atoms with Crippen molar-refractivity contribution in [2.24, 2.45) is 4.99 Å². The van der Waals surface area contributed by atoms with Crippen molar-refractivity contribution >= 4 is 17.9 Å². The normalized spacial score (nSPS) is 17.4. The molecule has 0 amide bonds. The van der Waals surface area contributed by atoms with E-state index in [0.717, 1.165) is 11.1 Å². The second-order valence-electron chi connectivity index (χ2n) is 7.28. The molecule has 0 fully saturated rings. The molecule has 2 aromatic carbocycles. The SMILES string of the molecule is CC(C)(C)c1ccc(C2=N/C(=C\c3ccc4c(c3)OCO4)C(=O)O2)cc1. The van der Waals surface area contributed by atoms with Crippen molar-refractivity contribution in [3.8, 4) is 11.5 Å². The molecule has 0 unspecified atom stereocenters. The molecule has 26 heavy (non-hydrogen) atoms. The molecule has 2 heterocycles. The number of benzene rings is 2. The van der Waals surface area contributed by atoms with Gasteiger partial charge in [0.2, 0.25) is 12.7 Å². The van der Waals surface area contributed by atoms with Crippen molar-refractivity contribution in [3.63, 3.8) is 0 Å². The van der Waals surface area contributed by atoms with Gasteiger partial charge in [-0.2, -0.15) is 0 Å². The highest BCUT2D eigenvalue weighted by Crippen LogP contribution is 2.33. The van der Waals surface area contributed by atoms with Crippen molar-refractivity contribution in [3.05, 3.63) is 64.9 Å². The molecular weight excluding hydrogens is 330 g/mol. The van der Waals surface area contributed by atoms with Crippen LogP contribution in [0.1, 0.15) is 37.5 Å². The van der Waals surface area contributed by atoms with Crippen LogP contribution in [0.3, 0.4) is 0 Å². The van der Waals surface area contributed by atoms with E-state index in [1.165, 1.54) is 5.56 Å². The van der Waals surface area contributed by atoms with Crippen molar-refractivity contribution in [2.45, 2.75) is 26.2 Å². The maximum atomic E-state index is 12.2. The Morgan fingerprint density at radius 3 is 2.46 bits per heavy atom. The Morgan fingerprint density at radius 1 is 1.00 bits per heavy atom. The number of ether oxygens (including phenoxy) is 3. The van der Waals surface area contributed by atoms with Crippen LogP contribution in [0.5, 0.6) is 11.5 Å². The average Bonchev–Trinajstić information content (AvgIpc) is 3.21. The number of fused-ring (bicyclic) bond motifs is 1. The summed E-state index contributed by atoms with van der Waals surface area (Å²) in [6.07, 6.45) is 1.68. The van der Waals surface area contributed by atoms with Crippen LogP contribution in [0.2, 0.25) is 0 Å². The minimum absolute atomic E-state index is 0.0666. The quantitative estimate of drug-likeness (QED) is 0.606. The van der Waals surface area contributed by atoms with E-state index in [1.807, 2.05) is 42.5 Å². The van der Waals surface area contributed by atoms with Crippen LogP contribution in [0, 0.1) is 0 Å². The zero-order valence-electron chi connectivity index (χ0n) is 14.9. The highest BCUT2D eigenvalue weighted by molar-refractivity contribution is 6.12. The van der Waals surface area contributed by atoms with E-state index < -0.39 is 5.97 Å². The lowest BCUT2D eigenvalue weighted by Gasteiger charge is -2.18. The molecule has 0 radical (unpaired) electrons. The lowest BCUT2D eigenvalue weighted by Crippen LogP contribution is -2.11. The van der Waals surface area contributed by atoms with E-state index in [9.17, 15) is 4.79 Å². The summed E-state index contributed by atoms with van der Waals surface area (Å²) in [5.74, 6) is 1.22. The molecule has 132 valence electrons. The number of carbonyl (C=O) groups excluding carboxylic acids is 1. The predicted molar refractivity (Wildman–Crippen MR) is 98.3 cm³/mol. The van der Waals surface area contributed by atoms with Crippen molar-refractivity contribution in [1.29, 1.82) is 0 Å². The fraction of sp³-hybridized carbons (Fsp3) is 0.238. The lowest BCUT2D eigenvalue weighted by molar-refractivity contribution is -0.129. The van der Waals surface area contributed by atoms with Crippen LogP contribution in [0.15, 0.2) is 53.2 Å². The standard InChI is InChI=1S/C21H19NO4/c1-21(2,3)15-7-5-14(6-8-15)19-22-16(20(23)26-19)10-13-4-9-17-18(11-13)25-12-24-17/h4-11H,12H2,1-3H3/b16-10-. The first-order chi connectivity index (χ1) is 12.4. The molecule has 5 heteroatoms. The van der Waals surface area contributed by atoms with Crippen LogP contribution >= 0.6 is 0 Å². The van der Waals surface area contributed by atoms with E-state index in [1.54, 1.807) is 6.08 Å². The van der Waals surface area contributed by atoms with Gasteiger partial charge in [-0.3, -0.25) is 0 Å². The molecule has 0 bridgehead atoms. The molecule has 4 rings (SSSR count). The molecule has 0 spiro atoms. The predicted octanol–water partition coefficient (Wildman–Crippen LogP) is 4.06. The fourth-order valence-corrected chi connectivity index (χ4v) is 2.81. The Kier molecular flexibility index (Phi) is 3.80. The van der Waals surface area contributed by atoms with Gasteiger partial charge < -0.3 is 14.2 Å². The molecule has 0 aromatic heterocycles. The van der Waals surface area contributed by atoms with Crippen LogP contribution < -0.4 is 9.47 Å². The minimum Gasteiger partial charge on any atom is -0.454 e. The Balaban J connectivity index is 1.61. The Bertz CT molecular complexity index is 933. The fourth-order valence-electron chi connectivity index (χ4n) is 2.81. The van der Waals surface area contributed by atoms with E-state index in [2.05, 4.69) is 25.8 Å². The second kappa shape index (κ2) is 6.02. The number of nitrogens with zero attached hydrogens (tertiary/aromatic N) is 1. The topological polar surface area (TPSA) is 57.1 Å². The molecule has 0 aliphatic carbocycles. The number of aliphatic imine (C=N–C) groups is 1. The summed E-state index contributed by atoms with van der Waals surface area (Å²) in [6, 6.07) is 13.4. The highest BCUT2D eigenvalue weighted by atomic mass is 16.7. The smallest absolute Gasteiger partial charge is 0.363 e. The molecule has 0 saturated heterocycles. The first-order valence-electron chi connectivity index (χ1n) is 8.43.